The van der Waals surface area contributed by atoms with Gasteiger partial charge in [-0.15, -0.1) is 11.8 Å². The van der Waals surface area contributed by atoms with E-state index in [0.717, 1.165) is 23.6 Å². The number of halogens is 1. The van der Waals surface area contributed by atoms with Gasteiger partial charge < -0.3 is 10.1 Å². The summed E-state index contributed by atoms with van der Waals surface area (Å²) >= 11 is 8.77. The van der Waals surface area contributed by atoms with Crippen LogP contribution in [0.2, 0.25) is 5.02 Å². The average Bonchev–Trinajstić information content (AvgIpc) is 3.24. The van der Waals surface area contributed by atoms with E-state index in [2.05, 4.69) is 5.32 Å². The number of fused-ring (bicyclic) bond motifs is 1. The van der Waals surface area contributed by atoms with E-state index in [0.29, 0.717) is 33.1 Å². The van der Waals surface area contributed by atoms with Gasteiger partial charge in [0, 0.05) is 22.9 Å². The van der Waals surface area contributed by atoms with E-state index in [1.165, 1.54) is 23.5 Å². The number of amides is 1. The van der Waals surface area contributed by atoms with Crippen LogP contribution in [0.3, 0.4) is 0 Å². The van der Waals surface area contributed by atoms with Crippen LogP contribution < -0.4 is 15.6 Å². The molecule has 160 valence electrons. The lowest BCUT2D eigenvalue weighted by molar-refractivity contribution is -0.113. The minimum atomic E-state index is -0.180. The molecule has 31 heavy (non-hydrogen) atoms. The van der Waals surface area contributed by atoms with Gasteiger partial charge in [0.2, 0.25) is 5.91 Å². The van der Waals surface area contributed by atoms with Crippen LogP contribution in [-0.4, -0.2) is 33.6 Å². The summed E-state index contributed by atoms with van der Waals surface area (Å²) in [5.41, 5.74) is 2.05. The third-order valence-electron chi connectivity index (χ3n) is 4.53. The number of nitrogens with one attached hydrogen (secondary N) is 1. The summed E-state index contributed by atoms with van der Waals surface area (Å²) in [6.45, 7) is 2.51. The maximum absolute atomic E-state index is 13.1. The fraction of sp³-hybridized carbons (Fsp3) is 0.227. The van der Waals surface area contributed by atoms with Crippen molar-refractivity contribution < 1.29 is 9.53 Å². The van der Waals surface area contributed by atoms with Crippen molar-refractivity contribution in [2.75, 3.05) is 23.4 Å². The highest BCUT2D eigenvalue weighted by Gasteiger charge is 2.23. The minimum Gasteiger partial charge on any atom is -0.494 e. The molecule has 0 bridgehead atoms. The lowest BCUT2D eigenvalue weighted by atomic mass is 10.3. The van der Waals surface area contributed by atoms with Crippen molar-refractivity contribution in [3.63, 3.8) is 0 Å². The van der Waals surface area contributed by atoms with Gasteiger partial charge in [-0.05, 0) is 55.5 Å². The van der Waals surface area contributed by atoms with Crippen molar-refractivity contribution >= 4 is 46.7 Å². The number of benzene rings is 2. The van der Waals surface area contributed by atoms with Crippen LogP contribution in [0.1, 0.15) is 12.6 Å². The summed E-state index contributed by atoms with van der Waals surface area (Å²) in [6.07, 6.45) is 0.753. The number of aryl methyl sites for hydroxylation is 1. The molecule has 2 aromatic carbocycles. The van der Waals surface area contributed by atoms with Crippen LogP contribution in [0.25, 0.3) is 5.69 Å². The summed E-state index contributed by atoms with van der Waals surface area (Å²) in [5, 5.41) is 3.95. The van der Waals surface area contributed by atoms with E-state index < -0.39 is 0 Å². The van der Waals surface area contributed by atoms with Crippen molar-refractivity contribution in [1.82, 2.24) is 9.55 Å². The predicted octanol–water partition coefficient (Wildman–Crippen LogP) is 4.66. The molecule has 1 aliphatic rings. The summed E-state index contributed by atoms with van der Waals surface area (Å²) in [7, 11) is 0. The molecule has 1 aliphatic heterocycles. The molecule has 0 spiro atoms. The summed E-state index contributed by atoms with van der Waals surface area (Å²) in [5.74, 6) is 1.53. The third-order valence-corrected chi connectivity index (χ3v) is 6.83. The Morgan fingerprint density at radius 1 is 1.23 bits per heavy atom. The van der Waals surface area contributed by atoms with E-state index in [-0.39, 0.29) is 17.2 Å². The minimum absolute atomic E-state index is 0.107. The molecule has 0 atom stereocenters. The van der Waals surface area contributed by atoms with Crippen molar-refractivity contribution in [3.05, 3.63) is 69.6 Å². The zero-order chi connectivity index (χ0) is 21.8. The SMILES string of the molecule is CCOc1ccc(NC(=O)CSc2nc3c(c(=O)n2-c2ccc(Cl)cc2)SCC3)cc1. The first-order valence-corrected chi connectivity index (χ1v) is 12.1. The summed E-state index contributed by atoms with van der Waals surface area (Å²) < 4.78 is 6.97. The molecule has 0 aliphatic carbocycles. The second kappa shape index (κ2) is 9.80. The van der Waals surface area contributed by atoms with E-state index in [9.17, 15) is 9.59 Å². The van der Waals surface area contributed by atoms with Gasteiger partial charge in [0.05, 0.1) is 28.6 Å². The standard InChI is InChI=1S/C22H20ClN3O3S2/c1-2-29-17-9-5-15(6-10-17)24-19(27)13-31-22-25-18-11-12-30-20(18)21(28)26(22)16-7-3-14(23)4-8-16/h3-10H,2,11-13H2,1H3,(H,24,27). The quantitative estimate of drug-likeness (QED) is 0.397. The van der Waals surface area contributed by atoms with Crippen LogP contribution in [0.15, 0.2) is 63.4 Å². The number of carbonyl (C=O) groups is 1. The number of ether oxygens (including phenoxy) is 1. The lowest BCUT2D eigenvalue weighted by Gasteiger charge is -2.14. The van der Waals surface area contributed by atoms with E-state index in [4.69, 9.17) is 21.3 Å². The Hall–Kier alpha value is -2.42. The first-order valence-electron chi connectivity index (χ1n) is 9.75. The summed E-state index contributed by atoms with van der Waals surface area (Å²) in [6, 6.07) is 14.2. The van der Waals surface area contributed by atoms with Crippen molar-refractivity contribution in [1.29, 1.82) is 0 Å². The Balaban J connectivity index is 1.53. The van der Waals surface area contributed by atoms with Gasteiger partial charge in [0.25, 0.3) is 5.56 Å². The fourth-order valence-electron chi connectivity index (χ4n) is 3.14. The molecule has 1 aromatic heterocycles. The van der Waals surface area contributed by atoms with Crippen LogP contribution >= 0.6 is 35.1 Å². The van der Waals surface area contributed by atoms with E-state index in [1.807, 2.05) is 19.1 Å². The first kappa shape index (κ1) is 21.8. The second-order valence-corrected chi connectivity index (χ2v) is 9.16. The molecule has 3 aromatic rings. The largest absolute Gasteiger partial charge is 0.494 e. The van der Waals surface area contributed by atoms with E-state index in [1.54, 1.807) is 41.0 Å². The molecule has 1 N–H and O–H groups in total. The molecule has 4 rings (SSSR count). The van der Waals surface area contributed by atoms with Crippen LogP contribution in [-0.2, 0) is 11.2 Å². The highest BCUT2D eigenvalue weighted by atomic mass is 35.5. The fourth-order valence-corrected chi connectivity index (χ4v) is 5.11. The van der Waals surface area contributed by atoms with Gasteiger partial charge in [0.1, 0.15) is 5.75 Å². The lowest BCUT2D eigenvalue weighted by Crippen LogP contribution is -2.24. The highest BCUT2D eigenvalue weighted by molar-refractivity contribution is 8.00. The Labute approximate surface area is 193 Å². The van der Waals surface area contributed by atoms with Crippen LogP contribution in [0.4, 0.5) is 5.69 Å². The Kier molecular flexibility index (Phi) is 6.89. The molecule has 0 fully saturated rings. The maximum Gasteiger partial charge on any atom is 0.272 e. The van der Waals surface area contributed by atoms with Crippen molar-refractivity contribution in [2.24, 2.45) is 0 Å². The average molecular weight is 474 g/mol. The topological polar surface area (TPSA) is 73.2 Å². The maximum atomic E-state index is 13.1. The molecule has 0 radical (unpaired) electrons. The molecule has 6 nitrogen and oxygen atoms in total. The van der Waals surface area contributed by atoms with Crippen LogP contribution in [0.5, 0.6) is 5.75 Å². The Morgan fingerprint density at radius 3 is 2.68 bits per heavy atom. The van der Waals surface area contributed by atoms with Crippen molar-refractivity contribution in [2.45, 2.75) is 23.4 Å². The number of anilines is 1. The third kappa shape index (κ3) is 5.08. The van der Waals surface area contributed by atoms with Gasteiger partial charge in [-0.25, -0.2) is 4.98 Å². The Bertz CT molecular complexity index is 1150. The molecule has 2 heterocycles. The molecular weight excluding hydrogens is 454 g/mol. The molecule has 0 unspecified atom stereocenters. The number of nitrogens with zero attached hydrogens (tertiary/aromatic N) is 2. The summed E-state index contributed by atoms with van der Waals surface area (Å²) in [4.78, 5) is 31.0. The second-order valence-electron chi connectivity index (χ2n) is 6.68. The van der Waals surface area contributed by atoms with E-state index >= 15 is 0 Å². The zero-order valence-electron chi connectivity index (χ0n) is 16.8. The first-order chi connectivity index (χ1) is 15.0. The number of carbonyl (C=O) groups excluding carboxylic acids is 1. The number of hydrogen-bond acceptors (Lipinski definition) is 6. The van der Waals surface area contributed by atoms with Gasteiger partial charge in [-0.3, -0.25) is 14.2 Å². The number of hydrogen-bond donors (Lipinski definition) is 1. The molecular formula is C22H20ClN3O3S2. The van der Waals surface area contributed by atoms with Gasteiger partial charge in [-0.1, -0.05) is 23.4 Å². The normalized spacial score (nSPS) is 12.5. The van der Waals surface area contributed by atoms with Gasteiger partial charge in [-0.2, -0.15) is 0 Å². The number of aromatic nitrogens is 2. The molecule has 9 heteroatoms. The molecule has 1 amide bonds. The zero-order valence-corrected chi connectivity index (χ0v) is 19.1. The van der Waals surface area contributed by atoms with Crippen LogP contribution in [0, 0.1) is 0 Å². The highest BCUT2D eigenvalue weighted by Crippen LogP contribution is 2.30. The van der Waals surface area contributed by atoms with Crippen molar-refractivity contribution in [3.8, 4) is 11.4 Å². The predicted molar refractivity (Wildman–Crippen MR) is 126 cm³/mol. The number of thioether (sulfide) groups is 2. The van der Waals surface area contributed by atoms with Gasteiger partial charge in [0.15, 0.2) is 5.16 Å². The number of rotatable bonds is 7. The van der Waals surface area contributed by atoms with Gasteiger partial charge >= 0.3 is 0 Å². The monoisotopic (exact) mass is 473 g/mol. The molecule has 0 saturated heterocycles. The smallest absolute Gasteiger partial charge is 0.272 e. The molecule has 0 saturated carbocycles. The Morgan fingerprint density at radius 2 is 1.97 bits per heavy atom.